The zero-order valence-electron chi connectivity index (χ0n) is 12.2. The lowest BCUT2D eigenvalue weighted by atomic mass is 10.0. The number of methoxy groups -OCH3 is 2. The maximum atomic E-state index is 5.45. The first-order chi connectivity index (χ1) is 9.80. The summed E-state index contributed by atoms with van der Waals surface area (Å²) < 4.78 is 10.9. The molecule has 0 radical (unpaired) electrons. The van der Waals surface area contributed by atoms with Gasteiger partial charge in [0.05, 0.1) is 19.1 Å². The minimum Gasteiger partial charge on any atom is -0.496 e. The van der Waals surface area contributed by atoms with Crippen molar-refractivity contribution in [2.75, 3.05) is 20.8 Å². The highest BCUT2D eigenvalue weighted by atomic mass is 32.1. The van der Waals surface area contributed by atoms with E-state index in [0.717, 1.165) is 24.5 Å². The molecule has 1 N–H and O–H groups in total. The quantitative estimate of drug-likeness (QED) is 0.844. The fourth-order valence-corrected chi connectivity index (χ4v) is 3.26. The van der Waals surface area contributed by atoms with Crippen LogP contribution in [0, 0.1) is 0 Å². The summed E-state index contributed by atoms with van der Waals surface area (Å²) in [5.74, 6) is 1.89. The lowest BCUT2D eigenvalue weighted by molar-refractivity contribution is 0.396. The van der Waals surface area contributed by atoms with Gasteiger partial charge < -0.3 is 14.8 Å². The van der Waals surface area contributed by atoms with E-state index in [9.17, 15) is 0 Å². The van der Waals surface area contributed by atoms with Crippen LogP contribution in [0.4, 0.5) is 0 Å². The Morgan fingerprint density at radius 2 is 1.85 bits per heavy atom. The summed E-state index contributed by atoms with van der Waals surface area (Å²) in [4.78, 5) is 1.24. The van der Waals surface area contributed by atoms with Crippen molar-refractivity contribution in [1.82, 2.24) is 5.32 Å². The third-order valence-electron chi connectivity index (χ3n) is 3.26. The Balaban J connectivity index is 2.25. The Bertz CT molecular complexity index is 539. The van der Waals surface area contributed by atoms with E-state index in [-0.39, 0.29) is 6.04 Å². The first kappa shape index (κ1) is 14.9. The van der Waals surface area contributed by atoms with Crippen molar-refractivity contribution in [1.29, 1.82) is 0 Å². The van der Waals surface area contributed by atoms with Gasteiger partial charge in [-0.2, -0.15) is 0 Å². The van der Waals surface area contributed by atoms with Crippen LogP contribution in [0.5, 0.6) is 11.5 Å². The molecule has 0 spiro atoms. The molecule has 0 saturated heterocycles. The number of para-hydroxylation sites is 1. The Morgan fingerprint density at radius 1 is 1.10 bits per heavy atom. The predicted octanol–water partition coefficient (Wildman–Crippen LogP) is 3.66. The molecular formula is C16H21NO2S. The summed E-state index contributed by atoms with van der Waals surface area (Å²) >= 11 is 1.73. The summed E-state index contributed by atoms with van der Waals surface area (Å²) in [7, 11) is 3.43. The molecule has 4 heteroatoms. The Morgan fingerprint density at radius 3 is 2.55 bits per heavy atom. The molecule has 1 aromatic heterocycles. The zero-order chi connectivity index (χ0) is 14.4. The fraction of sp³-hybridized carbons (Fsp3) is 0.375. The van der Waals surface area contributed by atoms with E-state index in [1.807, 2.05) is 24.3 Å². The van der Waals surface area contributed by atoms with Crippen LogP contribution in [0.3, 0.4) is 0 Å². The smallest absolute Gasteiger partial charge is 0.134 e. The van der Waals surface area contributed by atoms with Gasteiger partial charge in [0.1, 0.15) is 11.5 Å². The van der Waals surface area contributed by atoms with Gasteiger partial charge in [-0.1, -0.05) is 25.1 Å². The van der Waals surface area contributed by atoms with Crippen molar-refractivity contribution in [3.63, 3.8) is 0 Å². The van der Waals surface area contributed by atoms with Crippen molar-refractivity contribution < 1.29 is 9.47 Å². The third kappa shape index (κ3) is 3.32. The molecule has 2 rings (SSSR count). The number of thiophene rings is 1. The molecule has 0 saturated carbocycles. The van der Waals surface area contributed by atoms with Crippen LogP contribution in [0.25, 0.3) is 0 Å². The van der Waals surface area contributed by atoms with Gasteiger partial charge in [0, 0.05) is 6.04 Å². The second kappa shape index (κ2) is 7.31. The van der Waals surface area contributed by atoms with Gasteiger partial charge in [-0.3, -0.25) is 0 Å². The van der Waals surface area contributed by atoms with Gasteiger partial charge in [-0.15, -0.1) is 11.3 Å². The summed E-state index contributed by atoms with van der Waals surface area (Å²) in [6.45, 7) is 3.04. The zero-order valence-corrected chi connectivity index (χ0v) is 13.0. The standard InChI is InChI=1S/C16H21NO2S/c1-4-17-13(16-15(19-3)9-10-20-16)11-12-7-5-6-8-14(12)18-2/h5-10,13,17H,4,11H2,1-3H3. The summed E-state index contributed by atoms with van der Waals surface area (Å²) in [5.41, 5.74) is 1.21. The van der Waals surface area contributed by atoms with Gasteiger partial charge >= 0.3 is 0 Å². The number of rotatable bonds is 7. The monoisotopic (exact) mass is 291 g/mol. The normalized spacial score (nSPS) is 12.2. The molecule has 3 nitrogen and oxygen atoms in total. The number of nitrogens with one attached hydrogen (secondary N) is 1. The Labute approximate surface area is 124 Å². The van der Waals surface area contributed by atoms with Crippen molar-refractivity contribution >= 4 is 11.3 Å². The molecule has 1 aromatic carbocycles. The second-order valence-corrected chi connectivity index (χ2v) is 5.43. The molecule has 2 aromatic rings. The minimum atomic E-state index is 0.242. The molecule has 0 aliphatic carbocycles. The molecule has 0 amide bonds. The van der Waals surface area contributed by atoms with Crippen molar-refractivity contribution in [2.45, 2.75) is 19.4 Å². The van der Waals surface area contributed by atoms with Gasteiger partial charge in [0.15, 0.2) is 0 Å². The summed E-state index contributed by atoms with van der Waals surface area (Å²) in [6, 6.07) is 10.4. The molecule has 20 heavy (non-hydrogen) atoms. The van der Waals surface area contributed by atoms with Crippen LogP contribution >= 0.6 is 11.3 Å². The van der Waals surface area contributed by atoms with Crippen LogP contribution in [0.2, 0.25) is 0 Å². The number of likely N-dealkylation sites (N-methyl/N-ethyl adjacent to an activating group) is 1. The summed E-state index contributed by atoms with van der Waals surface area (Å²) in [5, 5.41) is 5.60. The second-order valence-electron chi connectivity index (χ2n) is 4.48. The van der Waals surface area contributed by atoms with Crippen molar-refractivity contribution in [3.8, 4) is 11.5 Å². The largest absolute Gasteiger partial charge is 0.496 e. The highest BCUT2D eigenvalue weighted by Crippen LogP contribution is 2.34. The van der Waals surface area contributed by atoms with E-state index in [1.165, 1.54) is 10.4 Å². The highest BCUT2D eigenvalue weighted by molar-refractivity contribution is 7.10. The van der Waals surface area contributed by atoms with Gasteiger partial charge in [-0.05, 0) is 36.0 Å². The molecular weight excluding hydrogens is 270 g/mol. The SMILES string of the molecule is CCNC(Cc1ccccc1OC)c1sccc1OC. The maximum absolute atomic E-state index is 5.45. The van der Waals surface area contributed by atoms with E-state index in [2.05, 4.69) is 23.7 Å². The van der Waals surface area contributed by atoms with Gasteiger partial charge in [0.2, 0.25) is 0 Å². The van der Waals surface area contributed by atoms with Crippen molar-refractivity contribution in [2.24, 2.45) is 0 Å². The van der Waals surface area contributed by atoms with E-state index >= 15 is 0 Å². The average molecular weight is 291 g/mol. The molecule has 0 aliphatic rings. The van der Waals surface area contributed by atoms with Gasteiger partial charge in [0.25, 0.3) is 0 Å². The molecule has 0 fully saturated rings. The molecule has 1 atom stereocenters. The first-order valence-electron chi connectivity index (χ1n) is 6.76. The third-order valence-corrected chi connectivity index (χ3v) is 4.27. The van der Waals surface area contributed by atoms with Crippen LogP contribution in [-0.2, 0) is 6.42 Å². The topological polar surface area (TPSA) is 30.5 Å². The van der Waals surface area contributed by atoms with Crippen LogP contribution in [0.15, 0.2) is 35.7 Å². The first-order valence-corrected chi connectivity index (χ1v) is 7.64. The lowest BCUT2D eigenvalue weighted by Gasteiger charge is -2.19. The summed E-state index contributed by atoms with van der Waals surface area (Å²) in [6.07, 6.45) is 0.884. The van der Waals surface area contributed by atoms with Crippen LogP contribution in [0.1, 0.15) is 23.4 Å². The minimum absolute atomic E-state index is 0.242. The number of hydrogen-bond acceptors (Lipinski definition) is 4. The lowest BCUT2D eigenvalue weighted by Crippen LogP contribution is -2.22. The van der Waals surface area contributed by atoms with Crippen LogP contribution in [-0.4, -0.2) is 20.8 Å². The van der Waals surface area contributed by atoms with E-state index in [4.69, 9.17) is 9.47 Å². The van der Waals surface area contributed by atoms with Crippen LogP contribution < -0.4 is 14.8 Å². The molecule has 108 valence electrons. The average Bonchev–Trinajstić information content (AvgIpc) is 2.95. The van der Waals surface area contributed by atoms with Crippen molar-refractivity contribution in [3.05, 3.63) is 46.2 Å². The molecule has 0 bridgehead atoms. The predicted molar refractivity (Wildman–Crippen MR) is 84.0 cm³/mol. The number of benzene rings is 1. The molecule has 0 aliphatic heterocycles. The molecule has 1 unspecified atom stereocenters. The number of ether oxygens (including phenoxy) is 2. The Hall–Kier alpha value is -1.52. The highest BCUT2D eigenvalue weighted by Gasteiger charge is 2.18. The van der Waals surface area contributed by atoms with Gasteiger partial charge in [-0.25, -0.2) is 0 Å². The fourth-order valence-electron chi connectivity index (χ4n) is 2.33. The van der Waals surface area contributed by atoms with E-state index < -0.39 is 0 Å². The molecule has 1 heterocycles. The Kier molecular flexibility index (Phi) is 5.44. The van der Waals surface area contributed by atoms with E-state index in [0.29, 0.717) is 0 Å². The maximum Gasteiger partial charge on any atom is 0.134 e. The van der Waals surface area contributed by atoms with E-state index in [1.54, 1.807) is 25.6 Å². The number of hydrogen-bond donors (Lipinski definition) is 1.